The number of amides is 1. The number of aromatic carboxylic acids is 1. The lowest BCUT2D eigenvalue weighted by Gasteiger charge is -2.05. The summed E-state index contributed by atoms with van der Waals surface area (Å²) in [6.45, 7) is 0. The Balaban J connectivity index is 2.28. The number of benzene rings is 1. The van der Waals surface area contributed by atoms with Crippen molar-refractivity contribution in [2.75, 3.05) is 5.32 Å². The SMILES string of the molecule is O=C(Nc1sccc1C(=O)O)c1cc(F)ccc1F. The van der Waals surface area contributed by atoms with Crippen LogP contribution in [0.3, 0.4) is 0 Å². The van der Waals surface area contributed by atoms with Gasteiger partial charge in [0, 0.05) is 0 Å². The second-order valence-electron chi connectivity index (χ2n) is 3.55. The smallest absolute Gasteiger partial charge is 0.338 e. The highest BCUT2D eigenvalue weighted by Gasteiger charge is 2.17. The minimum absolute atomic E-state index is 0.0705. The van der Waals surface area contributed by atoms with Crippen LogP contribution < -0.4 is 5.32 Å². The third kappa shape index (κ3) is 2.76. The lowest BCUT2D eigenvalue weighted by atomic mass is 10.2. The number of carbonyl (C=O) groups is 2. The standard InChI is InChI=1S/C12H7F2NO3S/c13-6-1-2-9(14)8(5-6)10(16)15-11-7(12(17)18)3-4-19-11/h1-5H,(H,15,16)(H,17,18). The van der Waals surface area contributed by atoms with Gasteiger partial charge in [0.05, 0.1) is 11.1 Å². The number of carboxylic acids is 1. The number of halogens is 2. The Labute approximate surface area is 110 Å². The summed E-state index contributed by atoms with van der Waals surface area (Å²) in [5.41, 5.74) is -0.583. The molecule has 2 aromatic rings. The Bertz CT molecular complexity index is 654. The minimum Gasteiger partial charge on any atom is -0.478 e. The summed E-state index contributed by atoms with van der Waals surface area (Å²) in [5.74, 6) is -3.75. The van der Waals surface area contributed by atoms with Gasteiger partial charge in [-0.2, -0.15) is 0 Å². The second-order valence-corrected chi connectivity index (χ2v) is 4.46. The quantitative estimate of drug-likeness (QED) is 0.910. The molecule has 0 fully saturated rings. The zero-order valence-corrected chi connectivity index (χ0v) is 10.1. The molecule has 0 aliphatic carbocycles. The summed E-state index contributed by atoms with van der Waals surface area (Å²) in [5, 5.41) is 12.7. The molecule has 2 N–H and O–H groups in total. The molecular weight excluding hydrogens is 276 g/mol. The van der Waals surface area contributed by atoms with Gasteiger partial charge in [-0.1, -0.05) is 0 Å². The summed E-state index contributed by atoms with van der Waals surface area (Å²) in [6, 6.07) is 3.78. The summed E-state index contributed by atoms with van der Waals surface area (Å²) in [7, 11) is 0. The first-order chi connectivity index (χ1) is 8.99. The van der Waals surface area contributed by atoms with Crippen LogP contribution in [0.1, 0.15) is 20.7 Å². The van der Waals surface area contributed by atoms with Crippen molar-refractivity contribution in [2.45, 2.75) is 0 Å². The topological polar surface area (TPSA) is 66.4 Å². The fraction of sp³-hybridized carbons (Fsp3) is 0. The van der Waals surface area contributed by atoms with E-state index in [0.717, 1.165) is 29.5 Å². The molecule has 0 radical (unpaired) electrons. The van der Waals surface area contributed by atoms with Crippen molar-refractivity contribution < 1.29 is 23.5 Å². The van der Waals surface area contributed by atoms with Crippen LogP contribution >= 0.6 is 11.3 Å². The number of carboxylic acid groups (broad SMARTS) is 1. The first-order valence-corrected chi connectivity index (χ1v) is 5.94. The van der Waals surface area contributed by atoms with Crippen LogP contribution in [0.5, 0.6) is 0 Å². The molecule has 0 aliphatic rings. The van der Waals surface area contributed by atoms with E-state index in [0.29, 0.717) is 0 Å². The van der Waals surface area contributed by atoms with Gasteiger partial charge >= 0.3 is 5.97 Å². The van der Waals surface area contributed by atoms with Gasteiger partial charge < -0.3 is 10.4 Å². The van der Waals surface area contributed by atoms with Gasteiger partial charge in [-0.25, -0.2) is 13.6 Å². The van der Waals surface area contributed by atoms with Gasteiger partial charge in [-0.15, -0.1) is 11.3 Å². The van der Waals surface area contributed by atoms with Gasteiger partial charge in [0.15, 0.2) is 0 Å². The Morgan fingerprint density at radius 3 is 2.58 bits per heavy atom. The number of hydrogen-bond acceptors (Lipinski definition) is 3. The van der Waals surface area contributed by atoms with E-state index in [-0.39, 0.29) is 10.6 Å². The van der Waals surface area contributed by atoms with Gasteiger partial charge in [0.25, 0.3) is 5.91 Å². The van der Waals surface area contributed by atoms with E-state index in [1.165, 1.54) is 11.4 Å². The molecule has 4 nitrogen and oxygen atoms in total. The maximum atomic E-state index is 13.4. The molecular formula is C12H7F2NO3S. The van der Waals surface area contributed by atoms with Gasteiger partial charge in [0.1, 0.15) is 16.6 Å². The summed E-state index contributed by atoms with van der Waals surface area (Å²) < 4.78 is 26.3. The van der Waals surface area contributed by atoms with Crippen molar-refractivity contribution in [3.63, 3.8) is 0 Å². The molecule has 7 heteroatoms. The molecule has 1 aromatic carbocycles. The van der Waals surface area contributed by atoms with Crippen molar-refractivity contribution in [2.24, 2.45) is 0 Å². The average Bonchev–Trinajstić information content (AvgIpc) is 2.80. The van der Waals surface area contributed by atoms with E-state index in [1.54, 1.807) is 0 Å². The Morgan fingerprint density at radius 1 is 1.16 bits per heavy atom. The number of carbonyl (C=O) groups excluding carboxylic acids is 1. The number of hydrogen-bond donors (Lipinski definition) is 2. The molecule has 98 valence electrons. The molecule has 1 aromatic heterocycles. The highest BCUT2D eigenvalue weighted by molar-refractivity contribution is 7.14. The zero-order chi connectivity index (χ0) is 14.0. The van der Waals surface area contributed by atoms with Crippen LogP contribution in [0.2, 0.25) is 0 Å². The van der Waals surface area contributed by atoms with Crippen LogP contribution in [0.4, 0.5) is 13.8 Å². The first kappa shape index (κ1) is 13.2. The van der Waals surface area contributed by atoms with E-state index in [4.69, 9.17) is 5.11 Å². The number of rotatable bonds is 3. The highest BCUT2D eigenvalue weighted by Crippen LogP contribution is 2.24. The minimum atomic E-state index is -1.21. The molecule has 0 saturated carbocycles. The van der Waals surface area contributed by atoms with E-state index in [1.807, 2.05) is 0 Å². The molecule has 0 unspecified atom stereocenters. The molecule has 0 spiro atoms. The lowest BCUT2D eigenvalue weighted by molar-refractivity contribution is 0.0698. The third-order valence-electron chi connectivity index (χ3n) is 2.30. The largest absolute Gasteiger partial charge is 0.478 e. The van der Waals surface area contributed by atoms with E-state index >= 15 is 0 Å². The molecule has 1 amide bonds. The van der Waals surface area contributed by atoms with Gasteiger partial charge in [-0.3, -0.25) is 4.79 Å². The molecule has 0 bridgehead atoms. The molecule has 0 aliphatic heterocycles. The molecule has 0 atom stereocenters. The third-order valence-corrected chi connectivity index (χ3v) is 3.13. The first-order valence-electron chi connectivity index (χ1n) is 5.06. The van der Waals surface area contributed by atoms with Crippen molar-refractivity contribution in [1.82, 2.24) is 0 Å². The highest BCUT2D eigenvalue weighted by atomic mass is 32.1. The summed E-state index contributed by atoms with van der Waals surface area (Å²) in [6.07, 6.45) is 0. The Hall–Kier alpha value is -2.28. The predicted molar refractivity (Wildman–Crippen MR) is 65.6 cm³/mol. The van der Waals surface area contributed by atoms with Crippen LogP contribution in [0.15, 0.2) is 29.6 Å². The normalized spacial score (nSPS) is 10.2. The van der Waals surface area contributed by atoms with Crippen molar-refractivity contribution >= 4 is 28.2 Å². The zero-order valence-electron chi connectivity index (χ0n) is 9.31. The Morgan fingerprint density at radius 2 is 1.89 bits per heavy atom. The number of nitrogens with one attached hydrogen (secondary N) is 1. The maximum absolute atomic E-state index is 13.4. The number of thiophene rings is 1. The van der Waals surface area contributed by atoms with E-state index in [9.17, 15) is 18.4 Å². The predicted octanol–water partition coefficient (Wildman–Crippen LogP) is 2.98. The number of anilines is 1. The monoisotopic (exact) mass is 283 g/mol. The van der Waals surface area contributed by atoms with Crippen LogP contribution in [0, 0.1) is 11.6 Å². The van der Waals surface area contributed by atoms with E-state index < -0.39 is 29.1 Å². The second kappa shape index (κ2) is 5.15. The van der Waals surface area contributed by atoms with E-state index in [2.05, 4.69) is 5.32 Å². The maximum Gasteiger partial charge on any atom is 0.338 e. The molecule has 19 heavy (non-hydrogen) atoms. The fourth-order valence-corrected chi connectivity index (χ4v) is 2.19. The molecule has 2 rings (SSSR count). The van der Waals surface area contributed by atoms with Crippen molar-refractivity contribution in [1.29, 1.82) is 0 Å². The summed E-state index contributed by atoms with van der Waals surface area (Å²) >= 11 is 0.982. The summed E-state index contributed by atoms with van der Waals surface area (Å²) in [4.78, 5) is 22.6. The average molecular weight is 283 g/mol. The molecule has 1 heterocycles. The Kier molecular flexibility index (Phi) is 3.57. The van der Waals surface area contributed by atoms with Crippen LogP contribution in [-0.4, -0.2) is 17.0 Å². The van der Waals surface area contributed by atoms with Gasteiger partial charge in [-0.05, 0) is 29.6 Å². The lowest BCUT2D eigenvalue weighted by Crippen LogP contribution is -2.15. The molecule has 0 saturated heterocycles. The van der Waals surface area contributed by atoms with Crippen LogP contribution in [-0.2, 0) is 0 Å². The van der Waals surface area contributed by atoms with Crippen molar-refractivity contribution in [3.05, 3.63) is 52.4 Å². The van der Waals surface area contributed by atoms with Crippen molar-refractivity contribution in [3.8, 4) is 0 Å². The van der Waals surface area contributed by atoms with Gasteiger partial charge in [0.2, 0.25) is 0 Å². The van der Waals surface area contributed by atoms with Crippen LogP contribution in [0.25, 0.3) is 0 Å². The fourth-order valence-electron chi connectivity index (χ4n) is 1.42.